The Bertz CT molecular complexity index is 1570. The zero-order valence-electron chi connectivity index (χ0n) is 22.5. The van der Waals surface area contributed by atoms with E-state index in [1.54, 1.807) is 13.4 Å². The molecule has 0 saturated carbocycles. The molecule has 0 spiro atoms. The summed E-state index contributed by atoms with van der Waals surface area (Å²) in [5.41, 5.74) is 4.35. The SMILES string of the molecule is COc1cc2c(-c3c[nH]c4c(OOCc5ccccc5)cccc34)ncnc2cc1OCCCN1CCOCC1. The van der Waals surface area contributed by atoms with Crippen molar-refractivity contribution in [2.24, 2.45) is 0 Å². The van der Waals surface area contributed by atoms with Gasteiger partial charge in [-0.05, 0) is 24.1 Å². The molecule has 3 aromatic carbocycles. The first-order valence-electron chi connectivity index (χ1n) is 13.5. The standard InChI is InChI=1S/C31H32N4O5/c1-36-28-17-24-26(18-29(28)38-14-6-11-35-12-15-37-16-13-35)33-21-34-30(24)25-19-32-31-23(25)9-5-10-27(31)40-39-20-22-7-3-2-4-8-22/h2-5,7-10,17-19,21,32H,6,11-16,20H2,1H3. The lowest BCUT2D eigenvalue weighted by Crippen LogP contribution is -2.37. The fraction of sp³-hybridized carbons (Fsp3) is 0.290. The molecule has 9 heteroatoms. The highest BCUT2D eigenvalue weighted by Crippen LogP contribution is 2.39. The summed E-state index contributed by atoms with van der Waals surface area (Å²) in [7, 11) is 1.65. The number of para-hydroxylation sites is 1. The second-order valence-corrected chi connectivity index (χ2v) is 9.61. The lowest BCUT2D eigenvalue weighted by Gasteiger charge is -2.26. The summed E-state index contributed by atoms with van der Waals surface area (Å²) in [6.07, 6.45) is 4.43. The van der Waals surface area contributed by atoms with Gasteiger partial charge >= 0.3 is 0 Å². The van der Waals surface area contributed by atoms with E-state index in [0.29, 0.717) is 30.5 Å². The van der Waals surface area contributed by atoms with Crippen LogP contribution < -0.4 is 14.4 Å². The van der Waals surface area contributed by atoms with Gasteiger partial charge in [0.05, 0.1) is 43.7 Å². The molecule has 9 nitrogen and oxygen atoms in total. The molecule has 0 aliphatic carbocycles. The minimum atomic E-state index is 0.346. The average molecular weight is 541 g/mol. The maximum atomic E-state index is 6.13. The average Bonchev–Trinajstić information content (AvgIpc) is 3.44. The topological polar surface area (TPSA) is 91.0 Å². The van der Waals surface area contributed by atoms with Crippen LogP contribution in [0.15, 0.2) is 73.2 Å². The lowest BCUT2D eigenvalue weighted by atomic mass is 10.0. The first kappa shape index (κ1) is 26.1. The molecule has 5 aromatic rings. The van der Waals surface area contributed by atoms with E-state index >= 15 is 0 Å². The van der Waals surface area contributed by atoms with E-state index in [1.807, 2.05) is 66.9 Å². The summed E-state index contributed by atoms with van der Waals surface area (Å²) in [5.74, 6) is 1.92. The van der Waals surface area contributed by atoms with E-state index in [4.69, 9.17) is 24.0 Å². The highest BCUT2D eigenvalue weighted by molar-refractivity contribution is 6.04. The first-order chi connectivity index (χ1) is 19.8. The van der Waals surface area contributed by atoms with Gasteiger partial charge in [-0.1, -0.05) is 42.5 Å². The normalized spacial score (nSPS) is 14.0. The number of hydrogen-bond acceptors (Lipinski definition) is 8. The van der Waals surface area contributed by atoms with Gasteiger partial charge in [0.2, 0.25) is 0 Å². The van der Waals surface area contributed by atoms with Crippen LogP contribution in [-0.4, -0.2) is 66.4 Å². The number of ether oxygens (including phenoxy) is 3. The van der Waals surface area contributed by atoms with Gasteiger partial charge in [0.25, 0.3) is 0 Å². The fourth-order valence-corrected chi connectivity index (χ4v) is 4.97. The highest BCUT2D eigenvalue weighted by Gasteiger charge is 2.17. The van der Waals surface area contributed by atoms with Gasteiger partial charge in [0.1, 0.15) is 12.9 Å². The van der Waals surface area contributed by atoms with Crippen molar-refractivity contribution in [2.75, 3.05) is 46.6 Å². The zero-order chi connectivity index (χ0) is 27.1. The summed E-state index contributed by atoms with van der Waals surface area (Å²) in [5, 5.41) is 1.83. The molecule has 3 heterocycles. The second-order valence-electron chi connectivity index (χ2n) is 9.61. The molecule has 0 radical (unpaired) electrons. The molecule has 0 unspecified atom stereocenters. The Kier molecular flexibility index (Phi) is 8.04. The molecule has 6 rings (SSSR count). The van der Waals surface area contributed by atoms with Crippen LogP contribution in [0.25, 0.3) is 33.1 Å². The van der Waals surface area contributed by atoms with E-state index in [-0.39, 0.29) is 0 Å². The number of nitrogens with one attached hydrogen (secondary N) is 1. The summed E-state index contributed by atoms with van der Waals surface area (Å²) in [4.78, 5) is 26.1. The van der Waals surface area contributed by atoms with Crippen LogP contribution in [0.2, 0.25) is 0 Å². The molecule has 2 aromatic heterocycles. The summed E-state index contributed by atoms with van der Waals surface area (Å²) in [6, 6.07) is 19.6. The minimum Gasteiger partial charge on any atom is -0.493 e. The van der Waals surface area contributed by atoms with E-state index in [9.17, 15) is 0 Å². The fourth-order valence-electron chi connectivity index (χ4n) is 4.97. The van der Waals surface area contributed by atoms with Gasteiger partial charge in [0.15, 0.2) is 17.2 Å². The maximum Gasteiger partial charge on any atom is 0.189 e. The van der Waals surface area contributed by atoms with Crippen molar-refractivity contribution < 1.29 is 24.0 Å². The van der Waals surface area contributed by atoms with Gasteiger partial charge in [-0.2, -0.15) is 4.89 Å². The Morgan fingerprint density at radius 2 is 1.80 bits per heavy atom. The Balaban J connectivity index is 1.21. The number of rotatable bonds is 11. The molecule has 1 aliphatic heterocycles. The van der Waals surface area contributed by atoms with Gasteiger partial charge in [-0.25, -0.2) is 9.97 Å². The molecule has 1 aliphatic rings. The molecule has 0 amide bonds. The first-order valence-corrected chi connectivity index (χ1v) is 13.5. The number of benzene rings is 3. The molecular formula is C31H32N4O5. The minimum absolute atomic E-state index is 0.346. The van der Waals surface area contributed by atoms with Crippen LogP contribution in [0.4, 0.5) is 0 Å². The Hall–Kier alpha value is -4.18. The van der Waals surface area contributed by atoms with Gasteiger partial charge in [-0.15, -0.1) is 0 Å². The summed E-state index contributed by atoms with van der Waals surface area (Å²) in [6.45, 7) is 5.47. The van der Waals surface area contributed by atoms with Gasteiger partial charge in [0, 0.05) is 48.2 Å². The van der Waals surface area contributed by atoms with E-state index in [1.165, 1.54) is 0 Å². The Morgan fingerprint density at radius 1 is 0.925 bits per heavy atom. The maximum absolute atomic E-state index is 6.13. The predicted octanol–water partition coefficient (Wildman–Crippen LogP) is 5.40. The third-order valence-electron chi connectivity index (χ3n) is 7.05. The van der Waals surface area contributed by atoms with Crippen LogP contribution in [0, 0.1) is 0 Å². The number of aromatic nitrogens is 3. The van der Waals surface area contributed by atoms with E-state index in [0.717, 1.165) is 77.9 Å². The monoisotopic (exact) mass is 540 g/mol. The molecule has 1 fully saturated rings. The number of hydrogen-bond donors (Lipinski definition) is 1. The lowest BCUT2D eigenvalue weighted by molar-refractivity contribution is -0.216. The van der Waals surface area contributed by atoms with Crippen LogP contribution >= 0.6 is 0 Å². The summed E-state index contributed by atoms with van der Waals surface area (Å²) < 4.78 is 17.3. The van der Waals surface area contributed by atoms with Crippen molar-refractivity contribution in [3.05, 3.63) is 78.8 Å². The van der Waals surface area contributed by atoms with E-state index in [2.05, 4.69) is 19.9 Å². The predicted molar refractivity (Wildman–Crippen MR) is 153 cm³/mol. The Morgan fingerprint density at radius 3 is 2.65 bits per heavy atom. The third-order valence-corrected chi connectivity index (χ3v) is 7.05. The molecule has 40 heavy (non-hydrogen) atoms. The molecule has 1 saturated heterocycles. The number of nitrogens with zero attached hydrogens (tertiary/aromatic N) is 3. The van der Waals surface area contributed by atoms with Crippen molar-refractivity contribution in [3.8, 4) is 28.5 Å². The molecule has 206 valence electrons. The molecular weight excluding hydrogens is 508 g/mol. The van der Waals surface area contributed by atoms with Crippen LogP contribution in [-0.2, 0) is 16.2 Å². The smallest absolute Gasteiger partial charge is 0.189 e. The summed E-state index contributed by atoms with van der Waals surface area (Å²) >= 11 is 0. The quantitative estimate of drug-likeness (QED) is 0.135. The van der Waals surface area contributed by atoms with Crippen LogP contribution in [0.5, 0.6) is 17.2 Å². The van der Waals surface area contributed by atoms with Crippen molar-refractivity contribution in [1.29, 1.82) is 0 Å². The van der Waals surface area contributed by atoms with Crippen molar-refractivity contribution >= 4 is 21.8 Å². The Labute approximate surface area is 232 Å². The molecule has 0 atom stereocenters. The number of fused-ring (bicyclic) bond motifs is 2. The number of methoxy groups -OCH3 is 1. The van der Waals surface area contributed by atoms with Crippen molar-refractivity contribution in [2.45, 2.75) is 13.0 Å². The largest absolute Gasteiger partial charge is 0.493 e. The zero-order valence-corrected chi connectivity index (χ0v) is 22.5. The van der Waals surface area contributed by atoms with Gasteiger partial charge < -0.3 is 24.1 Å². The van der Waals surface area contributed by atoms with Crippen LogP contribution in [0.3, 0.4) is 0 Å². The number of morpholine rings is 1. The second kappa shape index (κ2) is 12.3. The highest BCUT2D eigenvalue weighted by atomic mass is 17.2. The number of H-pyrrole nitrogens is 1. The third kappa shape index (κ3) is 5.72. The number of aromatic amines is 1. The van der Waals surface area contributed by atoms with Crippen molar-refractivity contribution in [1.82, 2.24) is 19.9 Å². The molecule has 1 N–H and O–H groups in total. The van der Waals surface area contributed by atoms with E-state index < -0.39 is 0 Å². The van der Waals surface area contributed by atoms with Crippen molar-refractivity contribution in [3.63, 3.8) is 0 Å². The van der Waals surface area contributed by atoms with Crippen LogP contribution in [0.1, 0.15) is 12.0 Å². The molecule has 0 bridgehead atoms. The van der Waals surface area contributed by atoms with Gasteiger partial charge in [-0.3, -0.25) is 4.90 Å².